The van der Waals surface area contributed by atoms with Crippen molar-refractivity contribution in [3.8, 4) is 11.5 Å². The van der Waals surface area contributed by atoms with E-state index in [0.717, 1.165) is 10.9 Å². The van der Waals surface area contributed by atoms with E-state index in [1.54, 1.807) is 28.8 Å². The van der Waals surface area contributed by atoms with Crippen molar-refractivity contribution in [3.05, 3.63) is 95.1 Å². The first-order valence-corrected chi connectivity index (χ1v) is 14.4. The summed E-state index contributed by atoms with van der Waals surface area (Å²) in [5, 5.41) is 1.20. The van der Waals surface area contributed by atoms with Crippen LogP contribution in [0.1, 0.15) is 54.1 Å². The van der Waals surface area contributed by atoms with Gasteiger partial charge in [0.1, 0.15) is 23.2 Å². The van der Waals surface area contributed by atoms with Crippen LogP contribution in [0.25, 0.3) is 10.9 Å². The number of nitrogens with two attached hydrogens (primary N) is 1. The summed E-state index contributed by atoms with van der Waals surface area (Å²) >= 11 is 6.48. The Kier molecular flexibility index (Phi) is 6.97. The molecule has 4 aromatic rings. The Hall–Kier alpha value is -4.30. The minimum atomic E-state index is -0.662. The van der Waals surface area contributed by atoms with E-state index in [0.29, 0.717) is 47.3 Å². The van der Waals surface area contributed by atoms with Crippen LogP contribution in [-0.4, -0.2) is 57.3 Å². The molecule has 0 spiro atoms. The fraction of sp³-hybridized carbons (Fsp3) is 0.303. The molecule has 42 heavy (non-hydrogen) atoms. The van der Waals surface area contributed by atoms with Crippen molar-refractivity contribution >= 4 is 40.2 Å². The second-order valence-electron chi connectivity index (χ2n) is 12.1. The molecule has 0 radical (unpaired) electrons. The van der Waals surface area contributed by atoms with Crippen LogP contribution in [0, 0.1) is 5.41 Å². The van der Waals surface area contributed by atoms with Gasteiger partial charge in [0.25, 0.3) is 11.8 Å². The van der Waals surface area contributed by atoms with Crippen LogP contribution in [0.3, 0.4) is 0 Å². The van der Waals surface area contributed by atoms with Gasteiger partial charge in [-0.2, -0.15) is 0 Å². The molecule has 8 nitrogen and oxygen atoms in total. The third-order valence-electron chi connectivity index (χ3n) is 8.24. The van der Waals surface area contributed by atoms with Gasteiger partial charge in [-0.3, -0.25) is 14.4 Å². The summed E-state index contributed by atoms with van der Waals surface area (Å²) in [6.45, 7) is 6.79. The Morgan fingerprint density at radius 3 is 2.21 bits per heavy atom. The van der Waals surface area contributed by atoms with Crippen LogP contribution < -0.4 is 10.5 Å². The molecule has 3 atom stereocenters. The number of likely N-dealkylation sites (tertiary alicyclic amines) is 2. The van der Waals surface area contributed by atoms with E-state index in [-0.39, 0.29) is 23.9 Å². The number of fused-ring (bicyclic) bond motifs is 3. The Morgan fingerprint density at radius 2 is 1.55 bits per heavy atom. The number of aromatic nitrogens is 1. The minimum Gasteiger partial charge on any atom is -0.457 e. The van der Waals surface area contributed by atoms with Gasteiger partial charge in [-0.05, 0) is 54.3 Å². The Labute approximate surface area is 249 Å². The number of benzene rings is 3. The molecule has 9 heteroatoms. The van der Waals surface area contributed by atoms with E-state index in [4.69, 9.17) is 22.1 Å². The molecule has 2 N–H and O–H groups in total. The van der Waals surface area contributed by atoms with Gasteiger partial charge >= 0.3 is 0 Å². The van der Waals surface area contributed by atoms with Crippen LogP contribution in [0.4, 0.5) is 0 Å². The largest absolute Gasteiger partial charge is 0.457 e. The maximum Gasteiger partial charge on any atom is 0.265 e. The summed E-state index contributed by atoms with van der Waals surface area (Å²) in [5.41, 5.74) is 6.73. The van der Waals surface area contributed by atoms with Crippen molar-refractivity contribution in [2.45, 2.75) is 45.3 Å². The quantitative estimate of drug-likeness (QED) is 0.305. The zero-order valence-electron chi connectivity index (χ0n) is 23.8. The topological polar surface area (TPSA) is 97.9 Å². The normalized spacial score (nSPS) is 18.9. The average Bonchev–Trinajstić information content (AvgIpc) is 3.67. The van der Waals surface area contributed by atoms with Crippen LogP contribution in [-0.2, 0) is 4.79 Å². The van der Waals surface area contributed by atoms with Gasteiger partial charge in [0.05, 0.1) is 22.7 Å². The molecule has 1 aromatic heterocycles. The SMILES string of the molecule is CC(C)(C)[C@@H](C(=O)N1C[C@@H]2C[C@H]1CN2C(=O)c1cc(Oc2ccccc2)ccc1Cl)n1c(C(N)=O)cc2ccccc21. The maximum atomic E-state index is 14.3. The third-order valence-corrected chi connectivity index (χ3v) is 8.57. The van der Waals surface area contributed by atoms with Crippen molar-refractivity contribution in [1.82, 2.24) is 14.4 Å². The molecule has 0 unspecified atom stereocenters. The van der Waals surface area contributed by atoms with Crippen molar-refractivity contribution < 1.29 is 19.1 Å². The number of hydrogen-bond acceptors (Lipinski definition) is 4. The van der Waals surface area contributed by atoms with Gasteiger partial charge in [0, 0.05) is 24.0 Å². The molecule has 3 aromatic carbocycles. The van der Waals surface area contributed by atoms with Gasteiger partial charge in [-0.15, -0.1) is 0 Å². The summed E-state index contributed by atoms with van der Waals surface area (Å²) < 4.78 is 7.73. The molecular formula is C33H33ClN4O4. The van der Waals surface area contributed by atoms with Crippen LogP contribution in [0.2, 0.25) is 5.02 Å². The molecule has 216 valence electrons. The first-order chi connectivity index (χ1) is 20.0. The highest BCUT2D eigenvalue weighted by Crippen LogP contribution is 2.41. The lowest BCUT2D eigenvalue weighted by atomic mass is 9.85. The van der Waals surface area contributed by atoms with Crippen molar-refractivity contribution in [2.75, 3.05) is 13.1 Å². The summed E-state index contributed by atoms with van der Waals surface area (Å²) in [4.78, 5) is 44.2. The lowest BCUT2D eigenvalue weighted by Crippen LogP contribution is -2.53. The predicted molar refractivity (Wildman–Crippen MR) is 162 cm³/mol. The van der Waals surface area contributed by atoms with Crippen LogP contribution in [0.5, 0.6) is 11.5 Å². The van der Waals surface area contributed by atoms with E-state index in [1.165, 1.54) is 0 Å². The third kappa shape index (κ3) is 4.90. The molecule has 2 aliphatic rings. The summed E-state index contributed by atoms with van der Waals surface area (Å²) in [6.07, 6.45) is 0.682. The number of para-hydroxylation sites is 2. The number of ether oxygens (including phenoxy) is 1. The number of hydrogen-bond donors (Lipinski definition) is 1. The first kappa shape index (κ1) is 27.8. The van der Waals surface area contributed by atoms with E-state index < -0.39 is 17.4 Å². The first-order valence-electron chi connectivity index (χ1n) is 14.1. The Morgan fingerprint density at radius 1 is 0.881 bits per heavy atom. The Bertz CT molecular complexity index is 1690. The van der Waals surface area contributed by atoms with Crippen LogP contribution >= 0.6 is 11.6 Å². The minimum absolute atomic E-state index is 0.0813. The predicted octanol–water partition coefficient (Wildman–Crippen LogP) is 5.90. The van der Waals surface area contributed by atoms with E-state index >= 15 is 0 Å². The summed E-state index contributed by atoms with van der Waals surface area (Å²) in [5.74, 6) is 0.340. The highest BCUT2D eigenvalue weighted by Gasteiger charge is 2.50. The summed E-state index contributed by atoms with van der Waals surface area (Å²) in [7, 11) is 0. The maximum absolute atomic E-state index is 14.3. The average molecular weight is 585 g/mol. The molecule has 2 saturated heterocycles. The van der Waals surface area contributed by atoms with Crippen molar-refractivity contribution in [3.63, 3.8) is 0 Å². The number of carbonyl (C=O) groups excluding carboxylic acids is 3. The van der Waals surface area contributed by atoms with Crippen LogP contribution in [0.15, 0.2) is 78.9 Å². The zero-order chi connectivity index (χ0) is 29.8. The smallest absolute Gasteiger partial charge is 0.265 e. The van der Waals surface area contributed by atoms with E-state index in [2.05, 4.69) is 0 Å². The summed E-state index contributed by atoms with van der Waals surface area (Å²) in [6, 6.07) is 22.8. The fourth-order valence-electron chi connectivity index (χ4n) is 6.37. The second-order valence-corrected chi connectivity index (χ2v) is 12.5. The number of carbonyl (C=O) groups is 3. The second kappa shape index (κ2) is 10.5. The molecule has 2 bridgehead atoms. The molecule has 0 aliphatic carbocycles. The molecule has 6 rings (SSSR count). The molecule has 2 fully saturated rings. The number of primary amides is 1. The van der Waals surface area contributed by atoms with E-state index in [1.807, 2.05) is 85.2 Å². The lowest BCUT2D eigenvalue weighted by molar-refractivity contribution is -0.140. The molecule has 0 saturated carbocycles. The van der Waals surface area contributed by atoms with Gasteiger partial charge in [-0.25, -0.2) is 0 Å². The van der Waals surface area contributed by atoms with Gasteiger partial charge in [-0.1, -0.05) is 68.8 Å². The van der Waals surface area contributed by atoms with E-state index in [9.17, 15) is 14.4 Å². The number of piperazine rings is 1. The molecule has 3 heterocycles. The number of nitrogens with zero attached hydrogens (tertiary/aromatic N) is 3. The zero-order valence-corrected chi connectivity index (χ0v) is 24.5. The van der Waals surface area contributed by atoms with Gasteiger partial charge < -0.3 is 24.8 Å². The van der Waals surface area contributed by atoms with Gasteiger partial charge in [0.15, 0.2) is 0 Å². The monoisotopic (exact) mass is 584 g/mol. The molecule has 3 amide bonds. The highest BCUT2D eigenvalue weighted by molar-refractivity contribution is 6.33. The highest BCUT2D eigenvalue weighted by atomic mass is 35.5. The lowest BCUT2D eigenvalue weighted by Gasteiger charge is -2.40. The standard InChI is InChI=1S/C33H33ClN4O4/c1-33(2,3)29(38-27-12-8-7-9-20(27)15-28(38)30(35)39)32(41)37-19-21-16-22(37)18-36(21)31(40)25-17-24(13-14-26(25)34)42-23-10-5-4-6-11-23/h4-15,17,21-22,29H,16,18-19H2,1-3H3,(H2,35,39)/t21-,22-,29+/m0/s1. The Balaban J connectivity index is 1.25. The van der Waals surface area contributed by atoms with Crippen molar-refractivity contribution in [1.29, 1.82) is 0 Å². The molecule has 2 aliphatic heterocycles. The molecular weight excluding hydrogens is 552 g/mol. The number of amides is 3. The fourth-order valence-corrected chi connectivity index (χ4v) is 6.56. The van der Waals surface area contributed by atoms with Gasteiger partial charge in [0.2, 0.25) is 5.91 Å². The number of rotatable bonds is 6. The number of halogens is 1. The van der Waals surface area contributed by atoms with Crippen molar-refractivity contribution in [2.24, 2.45) is 11.1 Å².